The zero-order valence-corrected chi connectivity index (χ0v) is 16.2. The standard InChI is InChI=1S/C19H21F3N2O3S/c1-13(2)24-28(26,27)12-16-7-4-3-6-15(16)11-23-18(25)14-8-5-9-17(10-14)19(20,21)22/h3-10,13,24H,11-12H2,1-2H3,(H,23,25). The average molecular weight is 414 g/mol. The lowest BCUT2D eigenvalue weighted by molar-refractivity contribution is -0.137. The minimum Gasteiger partial charge on any atom is -0.348 e. The second kappa shape index (κ2) is 8.74. The molecule has 0 unspecified atom stereocenters. The number of hydrogen-bond donors (Lipinski definition) is 2. The molecular weight excluding hydrogens is 393 g/mol. The Morgan fingerprint density at radius 3 is 2.29 bits per heavy atom. The van der Waals surface area contributed by atoms with Crippen molar-refractivity contribution in [1.82, 2.24) is 10.0 Å². The van der Waals surface area contributed by atoms with Gasteiger partial charge in [0.15, 0.2) is 0 Å². The lowest BCUT2D eigenvalue weighted by atomic mass is 10.1. The number of rotatable bonds is 7. The summed E-state index contributed by atoms with van der Waals surface area (Å²) in [5, 5.41) is 2.54. The molecule has 5 nitrogen and oxygen atoms in total. The van der Waals surface area contributed by atoms with Crippen molar-refractivity contribution in [2.75, 3.05) is 0 Å². The van der Waals surface area contributed by atoms with Crippen molar-refractivity contribution >= 4 is 15.9 Å². The van der Waals surface area contributed by atoms with Crippen LogP contribution in [0.5, 0.6) is 0 Å². The first-order valence-electron chi connectivity index (χ1n) is 8.50. The van der Waals surface area contributed by atoms with E-state index in [0.717, 1.165) is 18.2 Å². The number of carbonyl (C=O) groups excluding carboxylic acids is 1. The van der Waals surface area contributed by atoms with Crippen LogP contribution in [0.1, 0.15) is 40.9 Å². The van der Waals surface area contributed by atoms with Crippen LogP contribution in [0.25, 0.3) is 0 Å². The predicted molar refractivity (Wildman–Crippen MR) is 100.0 cm³/mol. The molecule has 2 rings (SSSR count). The van der Waals surface area contributed by atoms with E-state index in [9.17, 15) is 26.4 Å². The third kappa shape index (κ3) is 6.35. The Labute approximate surface area is 162 Å². The number of carbonyl (C=O) groups is 1. The summed E-state index contributed by atoms with van der Waals surface area (Å²) in [6.07, 6.45) is -4.54. The summed E-state index contributed by atoms with van der Waals surface area (Å²) in [4.78, 5) is 12.2. The first kappa shape index (κ1) is 21.9. The van der Waals surface area contributed by atoms with E-state index < -0.39 is 27.7 Å². The molecule has 0 aliphatic rings. The Hall–Kier alpha value is -2.39. The van der Waals surface area contributed by atoms with Gasteiger partial charge in [0, 0.05) is 18.2 Å². The van der Waals surface area contributed by atoms with E-state index in [1.807, 2.05) is 0 Å². The molecule has 0 aliphatic heterocycles. The molecular formula is C19H21F3N2O3S. The van der Waals surface area contributed by atoms with Crippen molar-refractivity contribution in [3.63, 3.8) is 0 Å². The number of amides is 1. The van der Waals surface area contributed by atoms with Crippen LogP contribution in [0.15, 0.2) is 48.5 Å². The zero-order chi connectivity index (χ0) is 20.9. The van der Waals surface area contributed by atoms with E-state index >= 15 is 0 Å². The molecule has 152 valence electrons. The van der Waals surface area contributed by atoms with Crippen LogP contribution >= 0.6 is 0 Å². The minimum absolute atomic E-state index is 0.0115. The first-order chi connectivity index (χ1) is 13.0. The van der Waals surface area contributed by atoms with Gasteiger partial charge in [-0.25, -0.2) is 13.1 Å². The normalized spacial score (nSPS) is 12.2. The van der Waals surface area contributed by atoms with Crippen LogP contribution in [-0.4, -0.2) is 20.4 Å². The second-order valence-electron chi connectivity index (χ2n) is 6.56. The van der Waals surface area contributed by atoms with E-state index in [-0.39, 0.29) is 23.9 Å². The fraction of sp³-hybridized carbons (Fsp3) is 0.316. The number of hydrogen-bond acceptors (Lipinski definition) is 3. The second-order valence-corrected chi connectivity index (χ2v) is 8.32. The van der Waals surface area contributed by atoms with E-state index in [2.05, 4.69) is 10.0 Å². The van der Waals surface area contributed by atoms with Crippen LogP contribution in [0.4, 0.5) is 13.2 Å². The fourth-order valence-electron chi connectivity index (χ4n) is 2.59. The van der Waals surface area contributed by atoms with Gasteiger partial charge in [0.1, 0.15) is 0 Å². The molecule has 0 radical (unpaired) electrons. The smallest absolute Gasteiger partial charge is 0.348 e. The van der Waals surface area contributed by atoms with E-state index in [0.29, 0.717) is 11.1 Å². The number of sulfonamides is 1. The van der Waals surface area contributed by atoms with Gasteiger partial charge >= 0.3 is 6.18 Å². The van der Waals surface area contributed by atoms with Crippen molar-refractivity contribution in [2.24, 2.45) is 0 Å². The van der Waals surface area contributed by atoms with Crippen LogP contribution in [0.3, 0.4) is 0 Å². The predicted octanol–water partition coefficient (Wildman–Crippen LogP) is 3.46. The number of halogens is 3. The molecule has 2 aromatic rings. The Bertz CT molecular complexity index is 941. The first-order valence-corrected chi connectivity index (χ1v) is 10.2. The van der Waals surface area contributed by atoms with Crippen LogP contribution < -0.4 is 10.0 Å². The molecule has 0 atom stereocenters. The summed E-state index contributed by atoms with van der Waals surface area (Å²) in [6, 6.07) is 10.5. The summed E-state index contributed by atoms with van der Waals surface area (Å²) in [7, 11) is -3.56. The molecule has 0 bridgehead atoms. The Morgan fingerprint density at radius 2 is 1.68 bits per heavy atom. The summed E-state index contributed by atoms with van der Waals surface area (Å²) in [6.45, 7) is 3.40. The van der Waals surface area contributed by atoms with Gasteiger partial charge in [-0.05, 0) is 43.2 Å². The molecule has 1 amide bonds. The maximum atomic E-state index is 12.8. The zero-order valence-electron chi connectivity index (χ0n) is 15.4. The molecule has 0 saturated carbocycles. The molecule has 9 heteroatoms. The van der Waals surface area contributed by atoms with Gasteiger partial charge in [-0.1, -0.05) is 30.3 Å². The van der Waals surface area contributed by atoms with Gasteiger partial charge in [0.2, 0.25) is 10.0 Å². The van der Waals surface area contributed by atoms with Gasteiger partial charge in [-0.15, -0.1) is 0 Å². The summed E-state index contributed by atoms with van der Waals surface area (Å²) in [5.74, 6) is -0.940. The molecule has 0 aliphatic carbocycles. The summed E-state index contributed by atoms with van der Waals surface area (Å²) < 4.78 is 65.1. The topological polar surface area (TPSA) is 75.3 Å². The number of benzene rings is 2. The van der Waals surface area contributed by atoms with Crippen molar-refractivity contribution < 1.29 is 26.4 Å². The molecule has 0 spiro atoms. The molecule has 0 heterocycles. The highest BCUT2D eigenvalue weighted by Gasteiger charge is 2.30. The third-order valence-electron chi connectivity index (χ3n) is 3.77. The summed E-state index contributed by atoms with van der Waals surface area (Å²) in [5.41, 5.74) is 0.0322. The van der Waals surface area contributed by atoms with Gasteiger partial charge < -0.3 is 5.32 Å². The van der Waals surface area contributed by atoms with Gasteiger partial charge in [-0.2, -0.15) is 13.2 Å². The van der Waals surface area contributed by atoms with E-state index in [1.165, 1.54) is 6.07 Å². The Balaban J connectivity index is 2.12. The molecule has 2 aromatic carbocycles. The molecule has 2 N–H and O–H groups in total. The quantitative estimate of drug-likeness (QED) is 0.729. The van der Waals surface area contributed by atoms with Crippen molar-refractivity contribution in [3.05, 3.63) is 70.8 Å². The molecule has 0 saturated heterocycles. The van der Waals surface area contributed by atoms with Crippen LogP contribution in [0.2, 0.25) is 0 Å². The van der Waals surface area contributed by atoms with Crippen LogP contribution in [0, 0.1) is 0 Å². The van der Waals surface area contributed by atoms with Crippen molar-refractivity contribution in [3.8, 4) is 0 Å². The average Bonchev–Trinajstić information content (AvgIpc) is 2.58. The molecule has 0 fully saturated rings. The Morgan fingerprint density at radius 1 is 1.04 bits per heavy atom. The lowest BCUT2D eigenvalue weighted by Crippen LogP contribution is -2.32. The highest BCUT2D eigenvalue weighted by atomic mass is 32.2. The monoisotopic (exact) mass is 414 g/mol. The van der Waals surface area contributed by atoms with Gasteiger partial charge in [0.05, 0.1) is 11.3 Å². The number of nitrogens with one attached hydrogen (secondary N) is 2. The molecule has 0 aromatic heterocycles. The van der Waals surface area contributed by atoms with E-state index in [1.54, 1.807) is 38.1 Å². The highest BCUT2D eigenvalue weighted by molar-refractivity contribution is 7.88. The van der Waals surface area contributed by atoms with Crippen LogP contribution in [-0.2, 0) is 28.5 Å². The minimum atomic E-state index is -4.54. The molecule has 28 heavy (non-hydrogen) atoms. The largest absolute Gasteiger partial charge is 0.416 e. The maximum absolute atomic E-state index is 12.8. The van der Waals surface area contributed by atoms with Gasteiger partial charge in [-0.3, -0.25) is 4.79 Å². The Kier molecular flexibility index (Phi) is 6.84. The maximum Gasteiger partial charge on any atom is 0.416 e. The summed E-state index contributed by atoms with van der Waals surface area (Å²) >= 11 is 0. The van der Waals surface area contributed by atoms with Crippen molar-refractivity contribution in [2.45, 2.75) is 38.4 Å². The van der Waals surface area contributed by atoms with Crippen molar-refractivity contribution in [1.29, 1.82) is 0 Å². The number of alkyl halides is 3. The fourth-order valence-corrected chi connectivity index (χ4v) is 4.08. The third-order valence-corrected chi connectivity index (χ3v) is 5.29. The van der Waals surface area contributed by atoms with Gasteiger partial charge in [0.25, 0.3) is 5.91 Å². The lowest BCUT2D eigenvalue weighted by Gasteiger charge is -2.14. The van der Waals surface area contributed by atoms with E-state index in [4.69, 9.17) is 0 Å². The SMILES string of the molecule is CC(C)NS(=O)(=O)Cc1ccccc1CNC(=O)c1cccc(C(F)(F)F)c1. The highest BCUT2D eigenvalue weighted by Crippen LogP contribution is 2.29.